The van der Waals surface area contributed by atoms with Gasteiger partial charge in [0, 0.05) is 47.6 Å². The number of carbonyl (C=O) groups excluding carboxylic acids is 1. The topological polar surface area (TPSA) is 81.9 Å². The maximum atomic E-state index is 12.8. The molecule has 1 atom stereocenters. The molecule has 1 spiro atoms. The van der Waals surface area contributed by atoms with Crippen LogP contribution in [0.25, 0.3) is 0 Å². The molecule has 7 nitrogen and oxygen atoms in total. The van der Waals surface area contributed by atoms with Gasteiger partial charge >= 0.3 is 5.97 Å². The first-order valence-corrected chi connectivity index (χ1v) is 10.2. The van der Waals surface area contributed by atoms with Crippen molar-refractivity contribution < 1.29 is 19.2 Å². The minimum absolute atomic E-state index is 0.0881. The molecule has 3 aromatic rings. The van der Waals surface area contributed by atoms with E-state index >= 15 is 0 Å². The molecule has 1 unspecified atom stereocenters. The summed E-state index contributed by atoms with van der Waals surface area (Å²) in [6.07, 6.45) is 0. The van der Waals surface area contributed by atoms with Gasteiger partial charge in [-0.3, -0.25) is 10.1 Å². The summed E-state index contributed by atoms with van der Waals surface area (Å²) in [4.78, 5) is 25.9. The zero-order chi connectivity index (χ0) is 21.8. The van der Waals surface area contributed by atoms with Crippen molar-refractivity contribution in [1.29, 1.82) is 0 Å². The van der Waals surface area contributed by atoms with Gasteiger partial charge < -0.3 is 14.4 Å². The van der Waals surface area contributed by atoms with E-state index < -0.39 is 16.5 Å². The Morgan fingerprint density at radius 1 is 0.935 bits per heavy atom. The number of rotatable bonds is 4. The molecule has 7 heteroatoms. The molecular weight excluding hydrogens is 396 g/mol. The predicted molar refractivity (Wildman–Crippen MR) is 115 cm³/mol. The van der Waals surface area contributed by atoms with Crippen LogP contribution in [0.2, 0.25) is 0 Å². The van der Waals surface area contributed by atoms with Crippen LogP contribution in [0.1, 0.15) is 40.9 Å². The van der Waals surface area contributed by atoms with E-state index in [0.717, 1.165) is 18.8 Å². The van der Waals surface area contributed by atoms with Gasteiger partial charge in [-0.25, -0.2) is 4.79 Å². The first-order valence-electron chi connectivity index (χ1n) is 10.2. The molecule has 2 aliphatic rings. The fourth-order valence-electron chi connectivity index (χ4n) is 4.55. The lowest BCUT2D eigenvalue weighted by Crippen LogP contribution is -2.33. The van der Waals surface area contributed by atoms with E-state index in [2.05, 4.69) is 18.7 Å². The Morgan fingerprint density at radius 2 is 1.61 bits per heavy atom. The van der Waals surface area contributed by atoms with E-state index in [-0.39, 0.29) is 5.69 Å². The molecule has 0 saturated carbocycles. The normalized spacial score (nSPS) is 17.9. The predicted octanol–water partition coefficient (Wildman–Crippen LogP) is 5.01. The maximum absolute atomic E-state index is 12.8. The molecular formula is C24H20N2O5. The number of fused-ring (bicyclic) bond motifs is 6. The largest absolute Gasteiger partial charge is 0.456 e. The van der Waals surface area contributed by atoms with Crippen molar-refractivity contribution in [2.24, 2.45) is 0 Å². The highest BCUT2D eigenvalue weighted by Crippen LogP contribution is 2.56. The minimum Gasteiger partial charge on any atom is -0.456 e. The second-order valence-electron chi connectivity index (χ2n) is 7.51. The zero-order valence-electron chi connectivity index (χ0n) is 17.1. The summed E-state index contributed by atoms with van der Waals surface area (Å²) in [6, 6.07) is 17.5. The van der Waals surface area contributed by atoms with Crippen molar-refractivity contribution in [2.75, 3.05) is 18.0 Å². The maximum Gasteiger partial charge on any atom is 0.340 e. The molecule has 0 saturated heterocycles. The van der Waals surface area contributed by atoms with Crippen LogP contribution in [0.3, 0.4) is 0 Å². The van der Waals surface area contributed by atoms with Crippen molar-refractivity contribution in [3.05, 3.63) is 93.0 Å². The van der Waals surface area contributed by atoms with Crippen molar-refractivity contribution >= 4 is 17.3 Å². The van der Waals surface area contributed by atoms with E-state index in [9.17, 15) is 14.9 Å². The van der Waals surface area contributed by atoms with Gasteiger partial charge in [0.2, 0.25) is 0 Å². The number of carbonyl (C=O) groups is 1. The number of nitro benzene ring substituents is 1. The molecule has 0 amide bonds. The van der Waals surface area contributed by atoms with Crippen LogP contribution in [-0.4, -0.2) is 24.0 Å². The third kappa shape index (κ3) is 2.63. The van der Waals surface area contributed by atoms with Gasteiger partial charge in [0.1, 0.15) is 11.5 Å². The van der Waals surface area contributed by atoms with Crippen molar-refractivity contribution in [2.45, 2.75) is 19.4 Å². The van der Waals surface area contributed by atoms with Gasteiger partial charge in [-0.15, -0.1) is 0 Å². The van der Waals surface area contributed by atoms with Gasteiger partial charge in [-0.2, -0.15) is 0 Å². The number of ether oxygens (including phenoxy) is 2. The van der Waals surface area contributed by atoms with Crippen LogP contribution < -0.4 is 9.64 Å². The number of nitro groups is 1. The number of hydrogen-bond acceptors (Lipinski definition) is 6. The van der Waals surface area contributed by atoms with Gasteiger partial charge in [-0.05, 0) is 38.1 Å². The van der Waals surface area contributed by atoms with E-state index in [1.165, 1.54) is 12.1 Å². The lowest BCUT2D eigenvalue weighted by Gasteiger charge is -2.37. The van der Waals surface area contributed by atoms with Crippen molar-refractivity contribution in [3.8, 4) is 11.5 Å². The lowest BCUT2D eigenvalue weighted by molar-refractivity contribution is -0.384. The summed E-state index contributed by atoms with van der Waals surface area (Å²) >= 11 is 0. The highest BCUT2D eigenvalue weighted by atomic mass is 16.6. The third-order valence-corrected chi connectivity index (χ3v) is 6.02. The van der Waals surface area contributed by atoms with Crippen LogP contribution in [0.4, 0.5) is 11.4 Å². The molecule has 0 aliphatic carbocycles. The summed E-state index contributed by atoms with van der Waals surface area (Å²) in [6.45, 7) is 5.78. The van der Waals surface area contributed by atoms with E-state index in [4.69, 9.17) is 9.47 Å². The van der Waals surface area contributed by atoms with Crippen LogP contribution in [0.15, 0.2) is 60.7 Å². The molecule has 0 fully saturated rings. The second-order valence-corrected chi connectivity index (χ2v) is 7.51. The number of anilines is 1. The SMILES string of the molecule is CCN(CC)c1ccc2c(c1)Oc1cc([N+](=O)[O-])ccc1C21OC(=O)c2ccccc21. The summed E-state index contributed by atoms with van der Waals surface area (Å²) < 4.78 is 12.2. The molecule has 0 radical (unpaired) electrons. The summed E-state index contributed by atoms with van der Waals surface area (Å²) in [5.41, 5.74) is 2.11. The Bertz CT molecular complexity index is 1230. The molecule has 2 heterocycles. The number of hydrogen-bond donors (Lipinski definition) is 0. The molecule has 31 heavy (non-hydrogen) atoms. The van der Waals surface area contributed by atoms with Crippen LogP contribution in [0, 0.1) is 10.1 Å². The Labute approximate surface area is 179 Å². The standard InChI is InChI=1S/C24H20N2O5/c1-3-25(4-2)15-9-11-19-21(13-15)30-22-14-16(26(28)29)10-12-20(22)24(19)18-8-6-5-7-17(18)23(27)31-24/h5-14H,3-4H2,1-2H3. The van der Waals surface area contributed by atoms with Crippen molar-refractivity contribution in [1.82, 2.24) is 0 Å². The summed E-state index contributed by atoms with van der Waals surface area (Å²) in [7, 11) is 0. The Balaban J connectivity index is 1.80. The Morgan fingerprint density at radius 3 is 2.32 bits per heavy atom. The van der Waals surface area contributed by atoms with E-state index in [1.54, 1.807) is 18.2 Å². The molecule has 3 aromatic carbocycles. The van der Waals surface area contributed by atoms with Crippen LogP contribution >= 0.6 is 0 Å². The Hall–Kier alpha value is -3.87. The molecule has 2 aliphatic heterocycles. The molecule has 156 valence electrons. The van der Waals surface area contributed by atoms with Crippen LogP contribution in [-0.2, 0) is 10.3 Å². The van der Waals surface area contributed by atoms with Gasteiger partial charge in [0.15, 0.2) is 5.60 Å². The molecule has 0 aromatic heterocycles. The minimum atomic E-state index is -1.21. The molecule has 5 rings (SSSR count). The molecule has 0 bridgehead atoms. The van der Waals surface area contributed by atoms with Crippen molar-refractivity contribution in [3.63, 3.8) is 0 Å². The number of benzene rings is 3. The number of esters is 1. The summed E-state index contributed by atoms with van der Waals surface area (Å²) in [5, 5.41) is 11.4. The highest BCUT2D eigenvalue weighted by molar-refractivity contribution is 5.97. The fourth-order valence-corrected chi connectivity index (χ4v) is 4.55. The van der Waals surface area contributed by atoms with Gasteiger partial charge in [0.25, 0.3) is 5.69 Å². The highest BCUT2D eigenvalue weighted by Gasteiger charge is 2.53. The average molecular weight is 416 g/mol. The third-order valence-electron chi connectivity index (χ3n) is 6.02. The lowest BCUT2D eigenvalue weighted by atomic mass is 9.77. The molecule has 0 N–H and O–H groups in total. The average Bonchev–Trinajstić information content (AvgIpc) is 3.07. The first-order chi connectivity index (χ1) is 15.0. The first kappa shape index (κ1) is 19.1. The van der Waals surface area contributed by atoms with Gasteiger partial charge in [-0.1, -0.05) is 18.2 Å². The second kappa shape index (κ2) is 6.84. The fraction of sp³-hybridized carbons (Fsp3) is 0.208. The smallest absolute Gasteiger partial charge is 0.340 e. The van der Waals surface area contributed by atoms with Crippen LogP contribution in [0.5, 0.6) is 11.5 Å². The zero-order valence-corrected chi connectivity index (χ0v) is 17.1. The number of non-ortho nitro benzene ring substituents is 1. The quantitative estimate of drug-likeness (QED) is 0.338. The number of nitrogens with zero attached hydrogens (tertiary/aromatic N) is 2. The van der Waals surface area contributed by atoms with Gasteiger partial charge in [0.05, 0.1) is 16.6 Å². The summed E-state index contributed by atoms with van der Waals surface area (Å²) in [5.74, 6) is 0.394. The van der Waals surface area contributed by atoms with E-state index in [1.807, 2.05) is 30.3 Å². The van der Waals surface area contributed by atoms with E-state index in [0.29, 0.717) is 33.8 Å². The Kier molecular flexibility index (Phi) is 4.22. The monoisotopic (exact) mass is 416 g/mol.